The number of benzene rings is 2. The SMILES string of the molecule is COc1ccc2ccccc2c1CCC(=O)N1CCc2oncc2C1. The predicted molar refractivity (Wildman–Crippen MR) is 94.4 cm³/mol. The summed E-state index contributed by atoms with van der Waals surface area (Å²) in [6, 6.07) is 12.2. The zero-order chi connectivity index (χ0) is 17.2. The van der Waals surface area contributed by atoms with Gasteiger partial charge in [-0.2, -0.15) is 0 Å². The quantitative estimate of drug-likeness (QED) is 0.733. The molecule has 5 heteroatoms. The van der Waals surface area contributed by atoms with Crippen molar-refractivity contribution >= 4 is 16.7 Å². The Balaban J connectivity index is 1.51. The van der Waals surface area contributed by atoms with Gasteiger partial charge < -0.3 is 14.2 Å². The lowest BCUT2D eigenvalue weighted by Crippen LogP contribution is -2.35. The molecular formula is C20H20N2O3. The molecule has 0 spiro atoms. The zero-order valence-corrected chi connectivity index (χ0v) is 14.2. The lowest BCUT2D eigenvalue weighted by Gasteiger charge is -2.26. The Kier molecular flexibility index (Phi) is 4.14. The highest BCUT2D eigenvalue weighted by molar-refractivity contribution is 5.88. The van der Waals surface area contributed by atoms with Gasteiger partial charge in [0.2, 0.25) is 5.91 Å². The van der Waals surface area contributed by atoms with Gasteiger partial charge in [0.1, 0.15) is 11.5 Å². The number of hydrogen-bond donors (Lipinski definition) is 0. The van der Waals surface area contributed by atoms with Crippen LogP contribution in [0.4, 0.5) is 0 Å². The average molecular weight is 336 g/mol. The van der Waals surface area contributed by atoms with Crippen LogP contribution in [-0.2, 0) is 24.2 Å². The molecule has 1 aliphatic rings. The topological polar surface area (TPSA) is 55.6 Å². The molecule has 2 aromatic carbocycles. The van der Waals surface area contributed by atoms with Gasteiger partial charge in [-0.25, -0.2) is 0 Å². The summed E-state index contributed by atoms with van der Waals surface area (Å²) in [6.07, 6.45) is 3.57. The number of carbonyl (C=O) groups is 1. The molecule has 0 N–H and O–H groups in total. The lowest BCUT2D eigenvalue weighted by atomic mass is 9.99. The maximum atomic E-state index is 12.7. The summed E-state index contributed by atoms with van der Waals surface area (Å²) in [5, 5.41) is 6.13. The van der Waals surface area contributed by atoms with E-state index in [2.05, 4.69) is 23.4 Å². The minimum atomic E-state index is 0.154. The number of amides is 1. The highest BCUT2D eigenvalue weighted by atomic mass is 16.5. The fourth-order valence-corrected chi connectivity index (χ4v) is 3.51. The van der Waals surface area contributed by atoms with Gasteiger partial charge >= 0.3 is 0 Å². The van der Waals surface area contributed by atoms with Gasteiger partial charge in [-0.1, -0.05) is 35.5 Å². The van der Waals surface area contributed by atoms with Crippen molar-refractivity contribution in [3.8, 4) is 5.75 Å². The molecule has 0 unspecified atom stereocenters. The van der Waals surface area contributed by atoms with Crippen molar-refractivity contribution in [2.45, 2.75) is 25.8 Å². The number of ether oxygens (including phenoxy) is 1. The third-order valence-electron chi connectivity index (χ3n) is 4.86. The number of nitrogens with zero attached hydrogens (tertiary/aromatic N) is 2. The van der Waals surface area contributed by atoms with Crippen molar-refractivity contribution in [2.75, 3.05) is 13.7 Å². The van der Waals surface area contributed by atoms with Crippen LogP contribution in [0.3, 0.4) is 0 Å². The molecule has 1 amide bonds. The molecule has 0 bridgehead atoms. The van der Waals surface area contributed by atoms with Crippen molar-refractivity contribution in [2.24, 2.45) is 0 Å². The van der Waals surface area contributed by atoms with Crippen LogP contribution in [-0.4, -0.2) is 29.6 Å². The number of carbonyl (C=O) groups excluding carboxylic acids is 1. The molecule has 1 aliphatic heterocycles. The first-order chi connectivity index (χ1) is 12.3. The van der Waals surface area contributed by atoms with E-state index in [9.17, 15) is 4.79 Å². The number of hydrogen-bond acceptors (Lipinski definition) is 4. The van der Waals surface area contributed by atoms with E-state index in [1.807, 2.05) is 23.1 Å². The van der Waals surface area contributed by atoms with Gasteiger partial charge in [-0.15, -0.1) is 0 Å². The summed E-state index contributed by atoms with van der Waals surface area (Å²) in [5.41, 5.74) is 2.11. The van der Waals surface area contributed by atoms with Gasteiger partial charge in [0, 0.05) is 30.5 Å². The number of rotatable bonds is 4. The second-order valence-electron chi connectivity index (χ2n) is 6.31. The third-order valence-corrected chi connectivity index (χ3v) is 4.86. The fraction of sp³-hybridized carbons (Fsp3) is 0.300. The molecule has 3 aromatic rings. The molecule has 0 saturated heterocycles. The van der Waals surface area contributed by atoms with Crippen LogP contribution in [0.15, 0.2) is 47.1 Å². The Morgan fingerprint density at radius 1 is 1.28 bits per heavy atom. The Bertz CT molecular complexity index is 916. The monoisotopic (exact) mass is 336 g/mol. The van der Waals surface area contributed by atoms with Crippen LogP contribution >= 0.6 is 0 Å². The van der Waals surface area contributed by atoms with E-state index in [1.54, 1.807) is 13.3 Å². The molecule has 128 valence electrons. The van der Waals surface area contributed by atoms with E-state index in [4.69, 9.17) is 9.26 Å². The van der Waals surface area contributed by atoms with Crippen molar-refractivity contribution in [1.82, 2.24) is 10.1 Å². The highest BCUT2D eigenvalue weighted by Crippen LogP contribution is 2.29. The smallest absolute Gasteiger partial charge is 0.223 e. The molecule has 0 atom stereocenters. The maximum Gasteiger partial charge on any atom is 0.223 e. The van der Waals surface area contributed by atoms with Crippen LogP contribution in [0.5, 0.6) is 5.75 Å². The molecule has 4 rings (SSSR count). The summed E-state index contributed by atoms with van der Waals surface area (Å²) >= 11 is 0. The first kappa shape index (κ1) is 15.7. The summed E-state index contributed by atoms with van der Waals surface area (Å²) in [6.45, 7) is 1.28. The van der Waals surface area contributed by atoms with E-state index < -0.39 is 0 Å². The Morgan fingerprint density at radius 2 is 2.16 bits per heavy atom. The van der Waals surface area contributed by atoms with Crippen molar-refractivity contribution in [1.29, 1.82) is 0 Å². The van der Waals surface area contributed by atoms with Crippen molar-refractivity contribution in [3.63, 3.8) is 0 Å². The Labute approximate surface area is 146 Å². The van der Waals surface area contributed by atoms with Gasteiger partial charge in [0.25, 0.3) is 0 Å². The van der Waals surface area contributed by atoms with Gasteiger partial charge in [-0.3, -0.25) is 4.79 Å². The maximum absolute atomic E-state index is 12.7. The summed E-state index contributed by atoms with van der Waals surface area (Å²) in [5.74, 6) is 1.90. The van der Waals surface area contributed by atoms with Crippen LogP contribution in [0.25, 0.3) is 10.8 Å². The van der Waals surface area contributed by atoms with Crippen molar-refractivity contribution < 1.29 is 14.1 Å². The lowest BCUT2D eigenvalue weighted by molar-refractivity contribution is -0.132. The fourth-order valence-electron chi connectivity index (χ4n) is 3.51. The van der Waals surface area contributed by atoms with E-state index in [0.717, 1.165) is 39.8 Å². The summed E-state index contributed by atoms with van der Waals surface area (Å²) in [7, 11) is 1.67. The average Bonchev–Trinajstić information content (AvgIpc) is 3.13. The van der Waals surface area contributed by atoms with Gasteiger partial charge in [0.15, 0.2) is 0 Å². The number of aryl methyl sites for hydroxylation is 1. The number of aromatic nitrogens is 1. The second kappa shape index (κ2) is 6.59. The molecule has 5 nitrogen and oxygen atoms in total. The predicted octanol–water partition coefficient (Wildman–Crippen LogP) is 3.35. The van der Waals surface area contributed by atoms with E-state index in [1.165, 1.54) is 0 Å². The third kappa shape index (κ3) is 2.97. The summed E-state index contributed by atoms with van der Waals surface area (Å²) in [4.78, 5) is 14.6. The minimum absolute atomic E-state index is 0.154. The Morgan fingerprint density at radius 3 is 3.04 bits per heavy atom. The molecule has 0 saturated carbocycles. The molecule has 1 aromatic heterocycles. The van der Waals surface area contributed by atoms with Crippen molar-refractivity contribution in [3.05, 3.63) is 59.5 Å². The van der Waals surface area contributed by atoms with E-state index >= 15 is 0 Å². The summed E-state index contributed by atoms with van der Waals surface area (Å²) < 4.78 is 10.7. The standard InChI is InChI=1S/C20H20N2O3/c1-24-19-8-6-14-4-2-3-5-16(14)17(19)7-9-20(23)22-11-10-18-15(13-22)12-21-25-18/h2-6,8,12H,7,9-11,13H2,1H3. The molecule has 25 heavy (non-hydrogen) atoms. The molecule has 2 heterocycles. The van der Waals surface area contributed by atoms with Gasteiger partial charge in [0.05, 0.1) is 19.9 Å². The van der Waals surface area contributed by atoms with Crippen LogP contribution < -0.4 is 4.74 Å². The first-order valence-corrected chi connectivity index (χ1v) is 8.51. The number of methoxy groups -OCH3 is 1. The van der Waals surface area contributed by atoms with Crippen LogP contribution in [0.2, 0.25) is 0 Å². The normalized spacial score (nSPS) is 13.7. The van der Waals surface area contributed by atoms with Gasteiger partial charge in [-0.05, 0) is 23.3 Å². The van der Waals surface area contributed by atoms with E-state index in [0.29, 0.717) is 25.9 Å². The zero-order valence-electron chi connectivity index (χ0n) is 14.2. The largest absolute Gasteiger partial charge is 0.496 e. The minimum Gasteiger partial charge on any atom is -0.496 e. The van der Waals surface area contributed by atoms with E-state index in [-0.39, 0.29) is 5.91 Å². The van der Waals surface area contributed by atoms with Crippen LogP contribution in [0.1, 0.15) is 23.3 Å². The Hall–Kier alpha value is -2.82. The molecular weight excluding hydrogens is 316 g/mol. The molecule has 0 aliphatic carbocycles. The molecule has 0 fully saturated rings. The second-order valence-corrected chi connectivity index (χ2v) is 6.31. The first-order valence-electron chi connectivity index (χ1n) is 8.51. The number of fused-ring (bicyclic) bond motifs is 2. The highest BCUT2D eigenvalue weighted by Gasteiger charge is 2.23. The molecule has 0 radical (unpaired) electrons. The van der Waals surface area contributed by atoms with Crippen LogP contribution in [0, 0.1) is 0 Å².